The van der Waals surface area contributed by atoms with E-state index in [1.165, 1.54) is 0 Å². The highest BCUT2D eigenvalue weighted by atomic mass is 127. The number of hydrogen-bond donors (Lipinski definition) is 1. The van der Waals surface area contributed by atoms with Crippen molar-refractivity contribution in [2.24, 2.45) is 5.92 Å². The molecule has 0 aliphatic carbocycles. The van der Waals surface area contributed by atoms with Crippen molar-refractivity contribution < 1.29 is 24.2 Å². The first-order valence-corrected chi connectivity index (χ1v) is 10.0. The number of ether oxygens (including phenoxy) is 2. The lowest BCUT2D eigenvalue weighted by atomic mass is 9.95. The summed E-state index contributed by atoms with van der Waals surface area (Å²) in [5.74, 6) is -0.546. The monoisotopic (exact) mass is 481 g/mol. The van der Waals surface area contributed by atoms with Crippen LogP contribution >= 0.6 is 22.6 Å². The Balaban J connectivity index is 1.84. The van der Waals surface area contributed by atoms with Gasteiger partial charge in [0.25, 0.3) is 0 Å². The number of rotatable bonds is 6. The molecule has 1 heterocycles. The quantitative estimate of drug-likeness (QED) is 0.505. The van der Waals surface area contributed by atoms with E-state index in [4.69, 9.17) is 9.47 Å². The zero-order chi connectivity index (χ0) is 19.4. The fourth-order valence-corrected chi connectivity index (χ4v) is 3.94. The van der Waals surface area contributed by atoms with Crippen LogP contribution in [0.4, 0.5) is 4.79 Å². The summed E-state index contributed by atoms with van der Waals surface area (Å²) in [7, 11) is 1.56. The lowest BCUT2D eigenvalue weighted by molar-refractivity contribution is -0.136. The third kappa shape index (κ3) is 4.08. The topological polar surface area (TPSA) is 76.1 Å². The number of benzene rings is 2. The van der Waals surface area contributed by atoms with Gasteiger partial charge in [-0.05, 0) is 23.3 Å². The number of amides is 2. The van der Waals surface area contributed by atoms with Gasteiger partial charge in [-0.3, -0.25) is 4.79 Å². The molecule has 3 atom stereocenters. The van der Waals surface area contributed by atoms with Crippen LogP contribution in [0.1, 0.15) is 23.3 Å². The number of methoxy groups -OCH3 is 1. The van der Waals surface area contributed by atoms with E-state index in [0.29, 0.717) is 15.7 Å². The molecule has 7 heteroatoms. The van der Waals surface area contributed by atoms with Crippen LogP contribution in [0.25, 0.3) is 0 Å². The highest BCUT2D eigenvalue weighted by Gasteiger charge is 2.43. The normalized spacial score (nSPS) is 18.7. The summed E-state index contributed by atoms with van der Waals surface area (Å²) in [6.45, 7) is 0.112. The van der Waals surface area contributed by atoms with Crippen LogP contribution in [0.3, 0.4) is 0 Å². The van der Waals surface area contributed by atoms with Crippen LogP contribution < -0.4 is 4.74 Å². The minimum Gasteiger partial charge on any atom is -0.497 e. The van der Waals surface area contributed by atoms with Gasteiger partial charge in [-0.15, -0.1) is 0 Å². The second-order valence-electron chi connectivity index (χ2n) is 6.19. The molecule has 1 N–H and O–H groups in total. The molecule has 0 unspecified atom stereocenters. The Kier molecular flexibility index (Phi) is 6.33. The predicted molar refractivity (Wildman–Crippen MR) is 108 cm³/mol. The van der Waals surface area contributed by atoms with E-state index in [9.17, 15) is 14.7 Å². The minimum atomic E-state index is -1.04. The number of carbonyl (C=O) groups excluding carboxylic acids is 2. The van der Waals surface area contributed by atoms with Gasteiger partial charge in [0.1, 0.15) is 18.4 Å². The molecule has 2 aromatic rings. The minimum absolute atomic E-state index is 0.112. The smallest absolute Gasteiger partial charge is 0.417 e. The van der Waals surface area contributed by atoms with Crippen molar-refractivity contribution in [2.75, 3.05) is 18.1 Å². The number of hydrogen-bond acceptors (Lipinski definition) is 5. The molecule has 6 nitrogen and oxygen atoms in total. The Hall–Kier alpha value is -2.13. The highest BCUT2D eigenvalue weighted by Crippen LogP contribution is 2.33. The molecule has 3 rings (SSSR count). The van der Waals surface area contributed by atoms with Crippen molar-refractivity contribution in [1.29, 1.82) is 0 Å². The summed E-state index contributed by atoms with van der Waals surface area (Å²) >= 11 is 2.05. The van der Waals surface area contributed by atoms with E-state index >= 15 is 0 Å². The number of carbonyl (C=O) groups is 2. The van der Waals surface area contributed by atoms with E-state index in [2.05, 4.69) is 22.6 Å². The number of alkyl halides is 1. The van der Waals surface area contributed by atoms with Gasteiger partial charge in [0.2, 0.25) is 5.91 Å². The van der Waals surface area contributed by atoms with E-state index in [1.807, 2.05) is 30.3 Å². The second kappa shape index (κ2) is 8.71. The van der Waals surface area contributed by atoms with Gasteiger partial charge in [0.15, 0.2) is 0 Å². The molecule has 142 valence electrons. The van der Waals surface area contributed by atoms with Gasteiger partial charge in [0.05, 0.1) is 19.1 Å². The molecule has 0 aromatic heterocycles. The van der Waals surface area contributed by atoms with Gasteiger partial charge in [-0.25, -0.2) is 9.69 Å². The number of aliphatic hydroxyl groups excluding tert-OH is 1. The third-order valence-corrected chi connectivity index (χ3v) is 5.57. The van der Waals surface area contributed by atoms with E-state index in [1.54, 1.807) is 31.4 Å². The van der Waals surface area contributed by atoms with Crippen molar-refractivity contribution in [3.8, 4) is 5.75 Å². The zero-order valence-electron chi connectivity index (χ0n) is 14.7. The number of aliphatic hydroxyl groups is 1. The van der Waals surface area contributed by atoms with Gasteiger partial charge in [0, 0.05) is 4.43 Å². The lowest BCUT2D eigenvalue weighted by Crippen LogP contribution is -2.41. The molecular weight excluding hydrogens is 461 g/mol. The summed E-state index contributed by atoms with van der Waals surface area (Å²) in [6.07, 6.45) is -1.71. The van der Waals surface area contributed by atoms with Crippen molar-refractivity contribution in [3.63, 3.8) is 0 Å². The molecule has 0 saturated carbocycles. The first kappa shape index (κ1) is 19.6. The zero-order valence-corrected chi connectivity index (χ0v) is 16.9. The molecular formula is C20H20INO5. The maximum atomic E-state index is 13.1. The van der Waals surface area contributed by atoms with E-state index in [0.717, 1.165) is 10.5 Å². The molecule has 2 aromatic carbocycles. The largest absolute Gasteiger partial charge is 0.497 e. The predicted octanol–water partition coefficient (Wildman–Crippen LogP) is 3.50. The molecule has 0 spiro atoms. The first-order chi connectivity index (χ1) is 13.1. The molecule has 1 aliphatic heterocycles. The fraction of sp³-hybridized carbons (Fsp3) is 0.300. The number of nitrogens with zero attached hydrogens (tertiary/aromatic N) is 1. The second-order valence-corrected chi connectivity index (χ2v) is 7.07. The summed E-state index contributed by atoms with van der Waals surface area (Å²) in [4.78, 5) is 26.5. The standard InChI is InChI=1S/C20H20INO5/c1-26-15-9-7-14(8-10-15)18(23)16(11-21)19(24)22-17(12-27-20(22)25)13-5-3-2-4-6-13/h2-10,16-18,23H,11-12H2,1H3/t16-,17-,18-/m1/s1. The van der Waals surface area contributed by atoms with Crippen molar-refractivity contribution >= 4 is 34.6 Å². The average molecular weight is 481 g/mol. The highest BCUT2D eigenvalue weighted by molar-refractivity contribution is 14.1. The Morgan fingerprint density at radius 3 is 2.52 bits per heavy atom. The Morgan fingerprint density at radius 2 is 1.93 bits per heavy atom. The van der Waals surface area contributed by atoms with Crippen LogP contribution in [-0.4, -0.2) is 40.2 Å². The average Bonchev–Trinajstić information content (AvgIpc) is 3.10. The van der Waals surface area contributed by atoms with Crippen molar-refractivity contribution in [1.82, 2.24) is 4.90 Å². The molecule has 0 radical (unpaired) electrons. The molecule has 27 heavy (non-hydrogen) atoms. The fourth-order valence-electron chi connectivity index (χ4n) is 3.08. The molecule has 2 amide bonds. The Bertz CT molecular complexity index is 796. The Labute approximate surface area is 171 Å². The molecule has 1 aliphatic rings. The molecule has 0 bridgehead atoms. The van der Waals surface area contributed by atoms with Crippen LogP contribution in [-0.2, 0) is 9.53 Å². The maximum absolute atomic E-state index is 13.1. The van der Waals surface area contributed by atoms with Gasteiger partial charge in [-0.1, -0.05) is 65.1 Å². The van der Waals surface area contributed by atoms with Crippen LogP contribution in [0, 0.1) is 5.92 Å². The summed E-state index contributed by atoms with van der Waals surface area (Å²) < 4.78 is 10.6. The van der Waals surface area contributed by atoms with Gasteiger partial charge >= 0.3 is 6.09 Å². The van der Waals surface area contributed by atoms with Crippen LogP contribution in [0.2, 0.25) is 0 Å². The van der Waals surface area contributed by atoms with Crippen molar-refractivity contribution in [2.45, 2.75) is 12.1 Å². The molecule has 1 saturated heterocycles. The van der Waals surface area contributed by atoms with Gasteiger partial charge in [-0.2, -0.15) is 0 Å². The lowest BCUT2D eigenvalue weighted by Gasteiger charge is -2.27. The number of imide groups is 1. The summed E-state index contributed by atoms with van der Waals surface area (Å²) in [5.41, 5.74) is 1.41. The van der Waals surface area contributed by atoms with Crippen molar-refractivity contribution in [3.05, 3.63) is 65.7 Å². The maximum Gasteiger partial charge on any atom is 0.417 e. The summed E-state index contributed by atoms with van der Waals surface area (Å²) in [5, 5.41) is 10.8. The number of cyclic esters (lactones) is 1. The summed E-state index contributed by atoms with van der Waals surface area (Å²) in [6, 6.07) is 15.7. The Morgan fingerprint density at radius 1 is 1.26 bits per heavy atom. The van der Waals surface area contributed by atoms with E-state index in [-0.39, 0.29) is 6.61 Å². The molecule has 1 fully saturated rings. The van der Waals surface area contributed by atoms with Gasteiger partial charge < -0.3 is 14.6 Å². The number of halogens is 1. The van der Waals surface area contributed by atoms with Crippen LogP contribution in [0.15, 0.2) is 54.6 Å². The van der Waals surface area contributed by atoms with E-state index < -0.39 is 30.1 Å². The SMILES string of the molecule is COc1ccc([C@@H](O)[C@@H](CI)C(=O)N2C(=O)OC[C@@H]2c2ccccc2)cc1. The first-order valence-electron chi connectivity index (χ1n) is 8.49. The third-order valence-electron chi connectivity index (χ3n) is 4.62. The van der Waals surface area contributed by atoms with Crippen LogP contribution in [0.5, 0.6) is 5.75 Å².